The number of hydrogen-bond donors (Lipinski definition) is 0. The van der Waals surface area contributed by atoms with Crippen molar-refractivity contribution in [3.63, 3.8) is 0 Å². The molecule has 0 unspecified atom stereocenters. The number of benzene rings is 1. The summed E-state index contributed by atoms with van der Waals surface area (Å²) in [5.41, 5.74) is 1.10. The van der Waals surface area contributed by atoms with E-state index in [9.17, 15) is 9.18 Å². The van der Waals surface area contributed by atoms with Crippen LogP contribution in [0.1, 0.15) is 5.69 Å². The number of nitrogens with zero attached hydrogens (tertiary/aromatic N) is 4. The standard InChI is InChI=1S/C11H6BrFN4O3/c1-5-9(15-20-14-5)10-16-19-11(18)17(10)6-2-3-8(13)7(12)4-6/h2-4H,1H3. The zero-order valence-electron chi connectivity index (χ0n) is 10.0. The van der Waals surface area contributed by atoms with E-state index in [-0.39, 0.29) is 16.0 Å². The van der Waals surface area contributed by atoms with Gasteiger partial charge < -0.3 is 0 Å². The minimum atomic E-state index is -0.721. The van der Waals surface area contributed by atoms with Crippen molar-refractivity contribution >= 4 is 15.9 Å². The average Bonchev–Trinajstić information content (AvgIpc) is 2.99. The lowest BCUT2D eigenvalue weighted by molar-refractivity contribution is 0.305. The van der Waals surface area contributed by atoms with Crippen molar-refractivity contribution in [3.8, 4) is 17.2 Å². The van der Waals surface area contributed by atoms with Crippen molar-refractivity contribution in [1.82, 2.24) is 20.0 Å². The summed E-state index contributed by atoms with van der Waals surface area (Å²) in [6.45, 7) is 1.65. The summed E-state index contributed by atoms with van der Waals surface area (Å²) in [5, 5.41) is 10.9. The molecule has 2 heterocycles. The van der Waals surface area contributed by atoms with Crippen LogP contribution in [0.2, 0.25) is 0 Å². The monoisotopic (exact) mass is 340 g/mol. The van der Waals surface area contributed by atoms with Crippen molar-refractivity contribution in [3.05, 3.63) is 44.7 Å². The predicted molar refractivity (Wildman–Crippen MR) is 67.8 cm³/mol. The van der Waals surface area contributed by atoms with Gasteiger partial charge in [-0.3, -0.25) is 4.52 Å². The van der Waals surface area contributed by atoms with Crippen molar-refractivity contribution in [2.75, 3.05) is 0 Å². The van der Waals surface area contributed by atoms with Crippen molar-refractivity contribution in [2.24, 2.45) is 0 Å². The van der Waals surface area contributed by atoms with Crippen LogP contribution < -0.4 is 5.76 Å². The Kier molecular flexibility index (Phi) is 2.97. The minimum Gasteiger partial charge on any atom is -0.295 e. The minimum absolute atomic E-state index is 0.132. The molecular weight excluding hydrogens is 335 g/mol. The third-order valence-corrected chi connectivity index (χ3v) is 3.24. The fourth-order valence-corrected chi connectivity index (χ4v) is 2.05. The number of aryl methyl sites for hydroxylation is 1. The van der Waals surface area contributed by atoms with Gasteiger partial charge in [-0.1, -0.05) is 10.3 Å². The zero-order valence-corrected chi connectivity index (χ0v) is 11.6. The van der Waals surface area contributed by atoms with E-state index in [1.165, 1.54) is 18.2 Å². The van der Waals surface area contributed by atoms with Gasteiger partial charge in [-0.05, 0) is 46.2 Å². The van der Waals surface area contributed by atoms with E-state index >= 15 is 0 Å². The highest BCUT2D eigenvalue weighted by atomic mass is 79.9. The SMILES string of the molecule is Cc1nonc1-c1noc(=O)n1-c1ccc(F)c(Br)c1. The Hall–Kier alpha value is -2.29. The maximum atomic E-state index is 13.3. The maximum Gasteiger partial charge on any atom is 0.446 e. The van der Waals surface area contributed by atoms with E-state index in [1.54, 1.807) is 6.92 Å². The Bertz CT molecular complexity index is 838. The van der Waals surface area contributed by atoms with Gasteiger partial charge in [0.1, 0.15) is 11.5 Å². The van der Waals surface area contributed by atoms with Crippen LogP contribution in [0.5, 0.6) is 0 Å². The summed E-state index contributed by atoms with van der Waals surface area (Å²) in [4.78, 5) is 11.8. The van der Waals surface area contributed by atoms with E-state index in [1.807, 2.05) is 0 Å². The first-order valence-electron chi connectivity index (χ1n) is 5.41. The smallest absolute Gasteiger partial charge is 0.295 e. The van der Waals surface area contributed by atoms with Crippen LogP contribution >= 0.6 is 15.9 Å². The van der Waals surface area contributed by atoms with Crippen molar-refractivity contribution in [2.45, 2.75) is 6.92 Å². The molecule has 3 aromatic rings. The molecule has 7 nitrogen and oxygen atoms in total. The number of hydrogen-bond acceptors (Lipinski definition) is 6. The summed E-state index contributed by atoms with van der Waals surface area (Å²) >= 11 is 3.06. The normalized spacial score (nSPS) is 10.9. The second-order valence-corrected chi connectivity index (χ2v) is 4.76. The van der Waals surface area contributed by atoms with Crippen LogP contribution in [0.25, 0.3) is 17.2 Å². The van der Waals surface area contributed by atoms with Gasteiger partial charge in [0.05, 0.1) is 10.2 Å². The molecule has 0 aliphatic heterocycles. The lowest BCUT2D eigenvalue weighted by Gasteiger charge is -2.03. The molecule has 0 saturated heterocycles. The van der Waals surface area contributed by atoms with Crippen LogP contribution in [0.15, 0.2) is 36.6 Å². The van der Waals surface area contributed by atoms with E-state index in [4.69, 9.17) is 0 Å². The highest BCUT2D eigenvalue weighted by Gasteiger charge is 2.20. The molecule has 2 aromatic heterocycles. The third kappa shape index (κ3) is 1.95. The highest BCUT2D eigenvalue weighted by molar-refractivity contribution is 9.10. The number of aromatic nitrogens is 4. The summed E-state index contributed by atoms with van der Waals surface area (Å²) in [6, 6.07) is 4.07. The van der Waals surface area contributed by atoms with E-state index in [2.05, 4.69) is 40.6 Å². The van der Waals surface area contributed by atoms with E-state index < -0.39 is 11.6 Å². The average molecular weight is 341 g/mol. The van der Waals surface area contributed by atoms with Gasteiger partial charge in [0.15, 0.2) is 5.69 Å². The van der Waals surface area contributed by atoms with Gasteiger partial charge in [0.25, 0.3) is 0 Å². The summed E-state index contributed by atoms with van der Waals surface area (Å²) in [6.07, 6.45) is 0. The molecule has 9 heteroatoms. The van der Waals surface area contributed by atoms with Crippen LogP contribution in [0.4, 0.5) is 4.39 Å². The van der Waals surface area contributed by atoms with Gasteiger partial charge in [-0.15, -0.1) is 0 Å². The second kappa shape index (κ2) is 4.67. The van der Waals surface area contributed by atoms with Crippen LogP contribution in [0.3, 0.4) is 0 Å². The zero-order chi connectivity index (χ0) is 14.3. The fourth-order valence-electron chi connectivity index (χ4n) is 1.69. The molecule has 0 N–H and O–H groups in total. The molecule has 0 spiro atoms. The summed E-state index contributed by atoms with van der Waals surface area (Å²) < 4.78 is 23.8. The Balaban J connectivity index is 2.24. The van der Waals surface area contributed by atoms with E-state index in [0.29, 0.717) is 11.4 Å². The van der Waals surface area contributed by atoms with Gasteiger partial charge in [0, 0.05) is 0 Å². The van der Waals surface area contributed by atoms with Gasteiger partial charge in [-0.25, -0.2) is 18.4 Å². The molecule has 3 rings (SSSR count). The molecule has 0 fully saturated rings. The molecule has 0 bridgehead atoms. The second-order valence-electron chi connectivity index (χ2n) is 3.90. The van der Waals surface area contributed by atoms with Gasteiger partial charge in [-0.2, -0.15) is 0 Å². The maximum absolute atomic E-state index is 13.3. The van der Waals surface area contributed by atoms with Crippen molar-refractivity contribution < 1.29 is 13.5 Å². The largest absolute Gasteiger partial charge is 0.446 e. The predicted octanol–water partition coefficient (Wildman–Crippen LogP) is 2.09. The third-order valence-electron chi connectivity index (χ3n) is 2.63. The first-order valence-corrected chi connectivity index (χ1v) is 6.21. The summed E-state index contributed by atoms with van der Waals surface area (Å²) in [7, 11) is 0. The van der Waals surface area contributed by atoms with E-state index in [0.717, 1.165) is 4.57 Å². The van der Waals surface area contributed by atoms with Crippen molar-refractivity contribution in [1.29, 1.82) is 0 Å². The Morgan fingerprint density at radius 1 is 1.30 bits per heavy atom. The van der Waals surface area contributed by atoms with Gasteiger partial charge in [0.2, 0.25) is 5.82 Å². The topological polar surface area (TPSA) is 87.0 Å². The lowest BCUT2D eigenvalue weighted by Crippen LogP contribution is -2.13. The quantitative estimate of drug-likeness (QED) is 0.709. The molecule has 20 heavy (non-hydrogen) atoms. The molecule has 0 radical (unpaired) electrons. The number of rotatable bonds is 2. The highest BCUT2D eigenvalue weighted by Crippen LogP contribution is 2.23. The lowest BCUT2D eigenvalue weighted by atomic mass is 10.3. The van der Waals surface area contributed by atoms with Crippen LogP contribution in [0, 0.1) is 12.7 Å². The Morgan fingerprint density at radius 2 is 2.10 bits per heavy atom. The first kappa shape index (κ1) is 12.7. The molecule has 1 aromatic carbocycles. The first-order chi connectivity index (χ1) is 9.58. The Labute approximate surface area is 119 Å². The summed E-state index contributed by atoms with van der Waals surface area (Å²) in [5.74, 6) is -1.03. The number of halogens is 2. The Morgan fingerprint density at radius 3 is 2.75 bits per heavy atom. The van der Waals surface area contributed by atoms with Crippen LogP contribution in [-0.4, -0.2) is 20.0 Å². The molecule has 0 atom stereocenters. The molecule has 0 aliphatic carbocycles. The molecule has 102 valence electrons. The molecule has 0 saturated carbocycles. The molecule has 0 aliphatic rings. The molecule has 0 amide bonds. The fraction of sp³-hybridized carbons (Fsp3) is 0.0909. The van der Waals surface area contributed by atoms with Gasteiger partial charge >= 0.3 is 5.76 Å². The molecular formula is C11H6BrFN4O3. The van der Waals surface area contributed by atoms with Crippen LogP contribution in [-0.2, 0) is 0 Å².